The van der Waals surface area contributed by atoms with Crippen LogP contribution in [-0.4, -0.2) is 10.8 Å². The summed E-state index contributed by atoms with van der Waals surface area (Å²) in [6.07, 6.45) is 1.66. The van der Waals surface area contributed by atoms with E-state index in [-0.39, 0.29) is 5.84 Å². The molecule has 5 N–H and O–H groups in total. The molecule has 0 atom stereocenters. The predicted octanol–water partition coefficient (Wildman–Crippen LogP) is 2.27. The van der Waals surface area contributed by atoms with Gasteiger partial charge < -0.3 is 11.5 Å². The Morgan fingerprint density at radius 3 is 2.71 bits per heavy atom. The summed E-state index contributed by atoms with van der Waals surface area (Å²) in [5.74, 6) is -0.0728. The summed E-state index contributed by atoms with van der Waals surface area (Å²) in [7, 11) is 0. The molecular weight excluding hydrogens is 236 g/mol. The van der Waals surface area contributed by atoms with Gasteiger partial charge in [0.1, 0.15) is 5.84 Å². The zero-order chi connectivity index (χ0) is 12.4. The van der Waals surface area contributed by atoms with E-state index in [4.69, 9.17) is 28.5 Å². The van der Waals surface area contributed by atoms with Crippen molar-refractivity contribution >= 4 is 23.1 Å². The molecule has 1 aromatic heterocycles. The summed E-state index contributed by atoms with van der Waals surface area (Å²) >= 11 is 6.05. The number of aromatic nitrogens is 1. The van der Waals surface area contributed by atoms with Gasteiger partial charge in [-0.2, -0.15) is 0 Å². The molecule has 0 radical (unpaired) electrons. The maximum atomic E-state index is 7.43. The van der Waals surface area contributed by atoms with Crippen LogP contribution in [0.2, 0.25) is 5.02 Å². The minimum Gasteiger partial charge on any atom is -0.398 e. The first-order valence-electron chi connectivity index (χ1n) is 4.94. The highest BCUT2D eigenvalue weighted by molar-refractivity contribution is 6.33. The molecule has 0 amide bonds. The Balaban J connectivity index is 2.58. The van der Waals surface area contributed by atoms with Crippen molar-refractivity contribution in [2.45, 2.75) is 0 Å². The molecule has 0 unspecified atom stereocenters. The van der Waals surface area contributed by atoms with E-state index in [1.807, 2.05) is 0 Å². The second-order valence-corrected chi connectivity index (χ2v) is 3.96. The zero-order valence-corrected chi connectivity index (χ0v) is 9.70. The molecule has 0 saturated carbocycles. The molecule has 4 nitrogen and oxygen atoms in total. The zero-order valence-electron chi connectivity index (χ0n) is 8.94. The smallest absolute Gasteiger partial charge is 0.124 e. The highest BCUT2D eigenvalue weighted by Gasteiger charge is 2.08. The maximum Gasteiger partial charge on any atom is 0.124 e. The van der Waals surface area contributed by atoms with Crippen LogP contribution in [0.1, 0.15) is 5.56 Å². The lowest BCUT2D eigenvalue weighted by Crippen LogP contribution is -2.13. The second kappa shape index (κ2) is 4.43. The number of nitrogens with zero attached hydrogens (tertiary/aromatic N) is 1. The lowest BCUT2D eigenvalue weighted by Gasteiger charge is -2.08. The minimum atomic E-state index is -0.0728. The molecule has 2 rings (SSSR count). The van der Waals surface area contributed by atoms with Crippen molar-refractivity contribution in [2.24, 2.45) is 5.73 Å². The molecule has 86 valence electrons. The van der Waals surface area contributed by atoms with Gasteiger partial charge in [0.2, 0.25) is 0 Å². The number of amidine groups is 1. The fraction of sp³-hybridized carbons (Fsp3) is 0. The highest BCUT2D eigenvalue weighted by Crippen LogP contribution is 2.27. The van der Waals surface area contributed by atoms with E-state index in [1.165, 1.54) is 0 Å². The van der Waals surface area contributed by atoms with Crippen molar-refractivity contribution in [3.05, 3.63) is 47.1 Å². The Bertz CT molecular complexity index is 580. The first-order chi connectivity index (χ1) is 8.09. The van der Waals surface area contributed by atoms with Crippen molar-refractivity contribution < 1.29 is 0 Å². The van der Waals surface area contributed by atoms with Crippen LogP contribution in [0.25, 0.3) is 11.3 Å². The number of nitrogens with one attached hydrogen (secondary N) is 1. The number of anilines is 1. The number of nitrogens with two attached hydrogens (primary N) is 2. The summed E-state index contributed by atoms with van der Waals surface area (Å²) in [5.41, 5.74) is 13.6. The van der Waals surface area contributed by atoms with Gasteiger partial charge in [-0.05, 0) is 24.3 Å². The molecule has 0 aliphatic carbocycles. The molecule has 0 saturated heterocycles. The van der Waals surface area contributed by atoms with Crippen LogP contribution in [-0.2, 0) is 0 Å². The molecule has 1 aromatic carbocycles. The fourth-order valence-corrected chi connectivity index (χ4v) is 1.77. The summed E-state index contributed by atoms with van der Waals surface area (Å²) in [4.78, 5) is 4.19. The lowest BCUT2D eigenvalue weighted by atomic mass is 10.1. The Morgan fingerprint density at radius 2 is 2.06 bits per heavy atom. The summed E-state index contributed by atoms with van der Waals surface area (Å²) in [6, 6.07) is 8.72. The highest BCUT2D eigenvalue weighted by atomic mass is 35.5. The summed E-state index contributed by atoms with van der Waals surface area (Å²) < 4.78 is 0. The van der Waals surface area contributed by atoms with Gasteiger partial charge >= 0.3 is 0 Å². The Hall–Kier alpha value is -2.07. The number of halogens is 1. The van der Waals surface area contributed by atoms with E-state index in [2.05, 4.69) is 4.98 Å². The third kappa shape index (κ3) is 2.21. The van der Waals surface area contributed by atoms with Crippen molar-refractivity contribution in [3.8, 4) is 11.3 Å². The van der Waals surface area contributed by atoms with E-state index in [0.717, 1.165) is 5.56 Å². The maximum absolute atomic E-state index is 7.43. The normalized spacial score (nSPS) is 10.2. The third-order valence-corrected chi connectivity index (χ3v) is 2.68. The van der Waals surface area contributed by atoms with Crippen molar-refractivity contribution in [1.29, 1.82) is 5.41 Å². The number of hydrogen-bond donors (Lipinski definition) is 3. The van der Waals surface area contributed by atoms with Gasteiger partial charge in [0.25, 0.3) is 0 Å². The molecule has 0 aliphatic rings. The average Bonchev–Trinajstić information content (AvgIpc) is 2.30. The van der Waals surface area contributed by atoms with Crippen LogP contribution in [0.4, 0.5) is 5.69 Å². The summed E-state index contributed by atoms with van der Waals surface area (Å²) in [6.45, 7) is 0. The Labute approximate surface area is 104 Å². The minimum absolute atomic E-state index is 0.0728. The molecule has 2 aromatic rings. The molecule has 0 bridgehead atoms. The van der Waals surface area contributed by atoms with E-state index in [9.17, 15) is 0 Å². The van der Waals surface area contributed by atoms with Gasteiger partial charge in [0.15, 0.2) is 0 Å². The summed E-state index contributed by atoms with van der Waals surface area (Å²) in [5, 5.41) is 7.98. The lowest BCUT2D eigenvalue weighted by molar-refractivity contribution is 1.32. The largest absolute Gasteiger partial charge is 0.398 e. The van der Waals surface area contributed by atoms with Gasteiger partial charge in [0, 0.05) is 23.0 Å². The predicted molar refractivity (Wildman–Crippen MR) is 70.1 cm³/mol. The van der Waals surface area contributed by atoms with Crippen molar-refractivity contribution in [3.63, 3.8) is 0 Å². The van der Waals surface area contributed by atoms with Gasteiger partial charge in [-0.25, -0.2) is 0 Å². The van der Waals surface area contributed by atoms with Crippen LogP contribution in [0.15, 0.2) is 36.5 Å². The Kier molecular flexibility index (Phi) is 2.97. The average molecular weight is 247 g/mol. The quantitative estimate of drug-likeness (QED) is 0.431. The van der Waals surface area contributed by atoms with Gasteiger partial charge in [0.05, 0.1) is 10.7 Å². The van der Waals surface area contributed by atoms with Crippen molar-refractivity contribution in [1.82, 2.24) is 4.98 Å². The third-order valence-electron chi connectivity index (χ3n) is 2.38. The molecule has 17 heavy (non-hydrogen) atoms. The van der Waals surface area contributed by atoms with Crippen molar-refractivity contribution in [2.75, 3.05) is 5.73 Å². The number of pyridine rings is 1. The van der Waals surface area contributed by atoms with Crippen LogP contribution in [0, 0.1) is 5.41 Å². The first kappa shape index (κ1) is 11.4. The van der Waals surface area contributed by atoms with Crippen LogP contribution in [0.5, 0.6) is 0 Å². The van der Waals surface area contributed by atoms with E-state index >= 15 is 0 Å². The van der Waals surface area contributed by atoms with Gasteiger partial charge in [-0.1, -0.05) is 17.7 Å². The molecule has 5 heteroatoms. The van der Waals surface area contributed by atoms with E-state index < -0.39 is 0 Å². The van der Waals surface area contributed by atoms with E-state index in [0.29, 0.717) is 22.0 Å². The number of nitrogen functional groups attached to an aromatic ring is 2. The number of hydrogen-bond acceptors (Lipinski definition) is 3. The van der Waals surface area contributed by atoms with Gasteiger partial charge in [-0.3, -0.25) is 10.4 Å². The van der Waals surface area contributed by atoms with Crippen LogP contribution >= 0.6 is 11.6 Å². The molecule has 0 spiro atoms. The first-order valence-corrected chi connectivity index (χ1v) is 5.32. The fourth-order valence-electron chi connectivity index (χ4n) is 1.53. The number of benzene rings is 1. The monoisotopic (exact) mass is 246 g/mol. The second-order valence-electron chi connectivity index (χ2n) is 3.55. The van der Waals surface area contributed by atoms with Gasteiger partial charge in [-0.15, -0.1) is 0 Å². The molecule has 0 aliphatic heterocycles. The Morgan fingerprint density at radius 1 is 1.29 bits per heavy atom. The molecule has 0 fully saturated rings. The topological polar surface area (TPSA) is 88.8 Å². The standard InChI is InChI=1S/C12H11ClN4/c13-9-2-1-5-17-11(9)7-3-4-10(14)8(6-7)12(15)16/h1-6H,14H2,(H3,15,16). The molecular formula is C12H11ClN4. The van der Waals surface area contributed by atoms with Crippen LogP contribution in [0.3, 0.4) is 0 Å². The SMILES string of the molecule is N=C(N)c1cc(-c2ncccc2Cl)ccc1N. The molecule has 1 heterocycles. The number of rotatable bonds is 2. The van der Waals surface area contributed by atoms with E-state index in [1.54, 1.807) is 36.5 Å². The van der Waals surface area contributed by atoms with Crippen LogP contribution < -0.4 is 11.5 Å².